The summed E-state index contributed by atoms with van der Waals surface area (Å²) in [5.74, 6) is -0.678. The van der Waals surface area contributed by atoms with Gasteiger partial charge in [-0.3, -0.25) is 4.79 Å². The van der Waals surface area contributed by atoms with Crippen LogP contribution in [0.15, 0.2) is 11.6 Å². The van der Waals surface area contributed by atoms with Crippen molar-refractivity contribution in [2.75, 3.05) is 19.8 Å². The summed E-state index contributed by atoms with van der Waals surface area (Å²) in [7, 11) is 0. The minimum Gasteiger partial charge on any atom is -0.432 e. The monoisotopic (exact) mass is 666 g/mol. The fourth-order valence-electron chi connectivity index (χ4n) is 12.5. The van der Waals surface area contributed by atoms with E-state index >= 15 is 0 Å². The van der Waals surface area contributed by atoms with Crippen LogP contribution in [0.4, 0.5) is 0 Å². The number of rotatable bonds is 5. The van der Waals surface area contributed by atoms with Gasteiger partial charge >= 0.3 is 5.97 Å². The van der Waals surface area contributed by atoms with Gasteiger partial charge in [0.15, 0.2) is 0 Å². The molecule has 1 heterocycles. The lowest BCUT2D eigenvalue weighted by Crippen LogP contribution is -2.68. The van der Waals surface area contributed by atoms with Gasteiger partial charge < -0.3 is 50.3 Å². The average Bonchev–Trinajstić information content (AvgIpc) is 3.04. The highest BCUT2D eigenvalue weighted by atomic mass is 16.7. The standard InChI is InChI=1S/C36H58O11/c1-18-19(15-37)8-11-36(31(45)47-30-28(43)27(42)26(41)22(16-38)46-30)13-12-34(4)20(25(18)36)6-7-24-32(2)14-21(40)29(44)33(3,17-39)23(32)9-10-35(24,34)5/h6,18-19,21-30,37-44H,7-17H2,1-5H3/t18-,19-,21+,22+,23+,24+,25-,26+,27-,28+,29-,30-,32-,33-,34+,35+,36-/m0/s1. The number of ether oxygens (including phenoxy) is 2. The van der Waals surface area contributed by atoms with Crippen LogP contribution in [-0.4, -0.2) is 110 Å². The topological polar surface area (TPSA) is 197 Å². The average molecular weight is 667 g/mol. The molecule has 0 amide bonds. The maximum Gasteiger partial charge on any atom is 0.315 e. The van der Waals surface area contributed by atoms with Crippen molar-refractivity contribution in [1.82, 2.24) is 0 Å². The highest BCUT2D eigenvalue weighted by molar-refractivity contribution is 5.79. The van der Waals surface area contributed by atoms with Gasteiger partial charge in [0.25, 0.3) is 0 Å². The molecule has 0 spiro atoms. The van der Waals surface area contributed by atoms with Crippen molar-refractivity contribution >= 4 is 5.97 Å². The van der Waals surface area contributed by atoms with Crippen molar-refractivity contribution in [1.29, 1.82) is 0 Å². The molecule has 1 saturated heterocycles. The van der Waals surface area contributed by atoms with Gasteiger partial charge in [-0.05, 0) is 97.2 Å². The van der Waals surface area contributed by atoms with E-state index in [4.69, 9.17) is 9.47 Å². The Morgan fingerprint density at radius 3 is 2.23 bits per heavy atom. The molecule has 0 aromatic carbocycles. The number of hydrogen-bond acceptors (Lipinski definition) is 11. The summed E-state index contributed by atoms with van der Waals surface area (Å²) in [6, 6.07) is 0. The quantitative estimate of drug-likeness (QED) is 0.155. The van der Waals surface area contributed by atoms with Crippen molar-refractivity contribution in [3.63, 3.8) is 0 Å². The molecule has 5 fully saturated rings. The van der Waals surface area contributed by atoms with E-state index in [2.05, 4.69) is 33.8 Å². The van der Waals surface area contributed by atoms with Crippen molar-refractivity contribution in [2.24, 2.45) is 56.7 Å². The molecule has 47 heavy (non-hydrogen) atoms. The molecule has 11 nitrogen and oxygen atoms in total. The van der Waals surface area contributed by atoms with E-state index in [-0.39, 0.29) is 59.0 Å². The van der Waals surface area contributed by atoms with E-state index in [1.54, 1.807) is 0 Å². The second-order valence-corrected chi connectivity index (χ2v) is 17.3. The predicted octanol–water partition coefficient (Wildman–Crippen LogP) is 1.26. The normalized spacial score (nSPS) is 55.9. The summed E-state index contributed by atoms with van der Waals surface area (Å²) in [6.45, 7) is 10.1. The molecule has 11 heteroatoms. The SMILES string of the molecule is C[C@H]1[C@H](CO)CC[C@]2(C(=O)O[C@@H]3O[C@H](CO)[C@@H](O)[C@H](O)[C@H]3O)CC[C@]3(C)C(=CC[C@@H]4[C@@]5(C)C[C@@H](O)[C@H](O)[C@@](C)(CO)[C@@H]5CC[C@]43C)[C@H]12. The molecule has 0 aromatic heterocycles. The summed E-state index contributed by atoms with van der Waals surface area (Å²) >= 11 is 0. The Hall–Kier alpha value is -1.15. The Morgan fingerprint density at radius 1 is 0.894 bits per heavy atom. The Kier molecular flexibility index (Phi) is 9.09. The van der Waals surface area contributed by atoms with Crippen LogP contribution >= 0.6 is 0 Å². The van der Waals surface area contributed by atoms with Crippen LogP contribution in [0.25, 0.3) is 0 Å². The number of carbonyl (C=O) groups excluding carboxylic acids is 1. The number of fused-ring (bicyclic) bond motifs is 7. The summed E-state index contributed by atoms with van der Waals surface area (Å²) in [5.41, 5.74) is -1.44. The Labute approximate surface area is 278 Å². The summed E-state index contributed by atoms with van der Waals surface area (Å²) in [6.07, 6.45) is -2.11. The number of aliphatic hydroxyl groups excluding tert-OH is 8. The molecule has 0 unspecified atom stereocenters. The van der Waals surface area contributed by atoms with Crippen LogP contribution in [0, 0.1) is 56.7 Å². The molecule has 0 aromatic rings. The number of esters is 1. The fourth-order valence-corrected chi connectivity index (χ4v) is 12.5. The van der Waals surface area contributed by atoms with Crippen LogP contribution < -0.4 is 0 Å². The van der Waals surface area contributed by atoms with Crippen molar-refractivity contribution < 1.29 is 55.1 Å². The highest BCUT2D eigenvalue weighted by Crippen LogP contribution is 2.76. The fraction of sp³-hybridized carbons (Fsp3) is 0.917. The molecule has 6 rings (SSSR count). The van der Waals surface area contributed by atoms with Crippen LogP contribution in [0.3, 0.4) is 0 Å². The third-order valence-corrected chi connectivity index (χ3v) is 15.6. The smallest absolute Gasteiger partial charge is 0.315 e. The molecule has 268 valence electrons. The van der Waals surface area contributed by atoms with Crippen molar-refractivity contribution in [2.45, 2.75) is 129 Å². The Bertz CT molecular complexity index is 1240. The molecule has 0 bridgehead atoms. The van der Waals surface area contributed by atoms with Crippen molar-refractivity contribution in [3.8, 4) is 0 Å². The number of hydrogen-bond donors (Lipinski definition) is 8. The predicted molar refractivity (Wildman–Crippen MR) is 169 cm³/mol. The van der Waals surface area contributed by atoms with Gasteiger partial charge in [-0.1, -0.05) is 46.3 Å². The number of allylic oxidation sites excluding steroid dienone is 2. The first-order chi connectivity index (χ1) is 22.0. The zero-order chi connectivity index (χ0) is 34.5. The van der Waals surface area contributed by atoms with Gasteiger partial charge in [0, 0.05) is 12.0 Å². The third kappa shape index (κ3) is 4.74. The van der Waals surface area contributed by atoms with E-state index in [0.29, 0.717) is 32.1 Å². The number of aliphatic hydroxyl groups is 8. The summed E-state index contributed by atoms with van der Waals surface area (Å²) in [4.78, 5) is 14.5. The lowest BCUT2D eigenvalue weighted by Gasteiger charge is -2.71. The first-order valence-corrected chi connectivity index (χ1v) is 17.8. The molecular weight excluding hydrogens is 608 g/mol. The Morgan fingerprint density at radius 2 is 1.60 bits per heavy atom. The molecule has 4 saturated carbocycles. The van der Waals surface area contributed by atoms with Crippen molar-refractivity contribution in [3.05, 3.63) is 11.6 Å². The first kappa shape index (κ1) is 35.7. The number of carbonyl (C=O) groups is 1. The van der Waals surface area contributed by atoms with Crippen LogP contribution in [0.5, 0.6) is 0 Å². The van der Waals surface area contributed by atoms with E-state index < -0.39 is 66.3 Å². The minimum atomic E-state index is -1.69. The van der Waals surface area contributed by atoms with E-state index in [9.17, 15) is 45.6 Å². The molecule has 1 aliphatic heterocycles. The molecule has 17 atom stereocenters. The van der Waals surface area contributed by atoms with Gasteiger partial charge in [-0.15, -0.1) is 0 Å². The summed E-state index contributed by atoms with van der Waals surface area (Å²) < 4.78 is 11.5. The van der Waals surface area contributed by atoms with Gasteiger partial charge in [0.1, 0.15) is 24.4 Å². The second kappa shape index (κ2) is 12.0. The largest absolute Gasteiger partial charge is 0.432 e. The van der Waals surface area contributed by atoms with E-state index in [0.717, 1.165) is 19.3 Å². The van der Waals surface area contributed by atoms with Crippen LogP contribution in [-0.2, 0) is 14.3 Å². The van der Waals surface area contributed by atoms with Crippen LogP contribution in [0.2, 0.25) is 0 Å². The second-order valence-electron chi connectivity index (χ2n) is 17.3. The third-order valence-electron chi connectivity index (χ3n) is 15.6. The lowest BCUT2D eigenvalue weighted by atomic mass is 9.33. The van der Waals surface area contributed by atoms with Gasteiger partial charge in [-0.25, -0.2) is 0 Å². The molecule has 5 aliphatic carbocycles. The lowest BCUT2D eigenvalue weighted by molar-refractivity contribution is -0.298. The summed E-state index contributed by atoms with van der Waals surface area (Å²) in [5, 5.41) is 84.3. The maximum absolute atomic E-state index is 14.5. The zero-order valence-electron chi connectivity index (χ0n) is 28.6. The van der Waals surface area contributed by atoms with E-state index in [1.807, 2.05) is 6.92 Å². The maximum atomic E-state index is 14.5. The molecular formula is C36H58O11. The zero-order valence-corrected chi connectivity index (χ0v) is 28.6. The van der Waals surface area contributed by atoms with Gasteiger partial charge in [0.2, 0.25) is 6.29 Å². The van der Waals surface area contributed by atoms with Gasteiger partial charge in [0.05, 0.1) is 30.8 Å². The van der Waals surface area contributed by atoms with E-state index in [1.165, 1.54) is 5.57 Å². The molecule has 6 aliphatic rings. The molecule has 0 radical (unpaired) electrons. The molecule has 8 N–H and O–H groups in total. The Balaban J connectivity index is 1.38. The van der Waals surface area contributed by atoms with Gasteiger partial charge in [-0.2, -0.15) is 0 Å². The minimum absolute atomic E-state index is 0.000892. The van der Waals surface area contributed by atoms with Crippen LogP contribution in [0.1, 0.15) is 86.0 Å². The first-order valence-electron chi connectivity index (χ1n) is 17.8. The highest BCUT2D eigenvalue weighted by Gasteiger charge is 2.71.